The molecule has 0 bridgehead atoms. The largest absolute Gasteiger partial charge is 0.362 e. The van der Waals surface area contributed by atoms with Crippen LogP contribution >= 0.6 is 0 Å². The van der Waals surface area contributed by atoms with E-state index in [2.05, 4.69) is 54.7 Å². The van der Waals surface area contributed by atoms with Gasteiger partial charge < -0.3 is 29.9 Å². The van der Waals surface area contributed by atoms with Crippen molar-refractivity contribution in [1.82, 2.24) is 49.6 Å². The SMILES string of the molecule is CN(CCCN(C)C1CCCCC1)CCCn1cc(CNc2nc(N3CCNCC3)nc3c2ncn3C)nn1. The third kappa shape index (κ3) is 7.43. The summed E-state index contributed by atoms with van der Waals surface area (Å²) in [6.07, 6.45) is 13.1. The van der Waals surface area contributed by atoms with Gasteiger partial charge in [-0.2, -0.15) is 9.97 Å². The molecule has 0 atom stereocenters. The zero-order valence-electron chi connectivity index (χ0n) is 24.0. The lowest BCUT2D eigenvalue weighted by molar-refractivity contribution is 0.181. The summed E-state index contributed by atoms with van der Waals surface area (Å²) >= 11 is 0. The number of imidazole rings is 1. The summed E-state index contributed by atoms with van der Waals surface area (Å²) in [7, 11) is 6.50. The Morgan fingerprint density at radius 2 is 1.82 bits per heavy atom. The molecule has 2 fully saturated rings. The second-order valence-corrected chi connectivity index (χ2v) is 11.2. The summed E-state index contributed by atoms with van der Waals surface area (Å²) < 4.78 is 3.89. The Kier molecular flexibility index (Phi) is 9.59. The van der Waals surface area contributed by atoms with Crippen molar-refractivity contribution in [3.63, 3.8) is 0 Å². The Bertz CT molecular complexity index is 1160. The fourth-order valence-corrected chi connectivity index (χ4v) is 5.74. The standard InChI is InChI=1S/C27H46N12/c1-35(13-7-15-36(2)23-9-5-4-6-10-23)14-8-16-39-20-22(33-34-39)19-29-25-24-26(37(3)21-30-24)32-27(31-25)38-17-11-28-12-18-38/h20-21,23,28H,4-19H2,1-3H3,(H,29,31,32). The van der Waals surface area contributed by atoms with Crippen LogP contribution in [0.25, 0.3) is 11.2 Å². The molecule has 12 heteroatoms. The van der Waals surface area contributed by atoms with Gasteiger partial charge in [0, 0.05) is 45.8 Å². The fourth-order valence-electron chi connectivity index (χ4n) is 5.74. The van der Waals surface area contributed by atoms with E-state index in [-0.39, 0.29) is 0 Å². The van der Waals surface area contributed by atoms with Crippen molar-refractivity contribution in [2.45, 2.75) is 64.1 Å². The van der Waals surface area contributed by atoms with Crippen molar-refractivity contribution < 1.29 is 0 Å². The summed E-state index contributed by atoms with van der Waals surface area (Å²) in [5, 5.41) is 15.6. The first kappa shape index (κ1) is 27.7. The molecule has 3 aromatic rings. The molecular formula is C27H46N12. The number of aromatic nitrogens is 7. The van der Waals surface area contributed by atoms with E-state index in [4.69, 9.17) is 9.97 Å². The van der Waals surface area contributed by atoms with E-state index in [9.17, 15) is 0 Å². The van der Waals surface area contributed by atoms with Crippen LogP contribution in [0, 0.1) is 0 Å². The number of piperazine rings is 1. The van der Waals surface area contributed by atoms with Crippen molar-refractivity contribution >= 4 is 22.9 Å². The van der Waals surface area contributed by atoms with Crippen LogP contribution in [0.4, 0.5) is 11.8 Å². The van der Waals surface area contributed by atoms with Gasteiger partial charge in [0.05, 0.1) is 19.1 Å². The molecule has 214 valence electrons. The van der Waals surface area contributed by atoms with Crippen molar-refractivity contribution in [3.8, 4) is 0 Å². The molecular weight excluding hydrogens is 492 g/mol. The van der Waals surface area contributed by atoms with Gasteiger partial charge in [0.1, 0.15) is 5.69 Å². The van der Waals surface area contributed by atoms with Crippen LogP contribution in [0.2, 0.25) is 0 Å². The van der Waals surface area contributed by atoms with Crippen molar-refractivity contribution in [2.24, 2.45) is 7.05 Å². The minimum atomic E-state index is 0.540. The van der Waals surface area contributed by atoms with Crippen molar-refractivity contribution in [2.75, 3.05) is 70.1 Å². The molecule has 1 saturated carbocycles. The molecule has 3 aromatic heterocycles. The monoisotopic (exact) mass is 538 g/mol. The van der Waals surface area contributed by atoms with Crippen LogP contribution in [0.3, 0.4) is 0 Å². The molecule has 2 aliphatic rings. The summed E-state index contributed by atoms with van der Waals surface area (Å²) in [5.74, 6) is 1.47. The lowest BCUT2D eigenvalue weighted by atomic mass is 9.94. The first-order chi connectivity index (χ1) is 19.1. The summed E-state index contributed by atoms with van der Waals surface area (Å²) in [6.45, 7) is 8.46. The number of fused-ring (bicyclic) bond motifs is 1. The zero-order chi connectivity index (χ0) is 27.0. The van der Waals surface area contributed by atoms with Crippen LogP contribution in [-0.4, -0.2) is 110 Å². The molecule has 0 spiro atoms. The lowest BCUT2D eigenvalue weighted by Crippen LogP contribution is -2.44. The zero-order valence-corrected chi connectivity index (χ0v) is 24.0. The molecule has 2 N–H and O–H groups in total. The molecule has 1 aliphatic carbocycles. The van der Waals surface area contributed by atoms with E-state index >= 15 is 0 Å². The molecule has 5 rings (SSSR count). The first-order valence-electron chi connectivity index (χ1n) is 14.7. The summed E-state index contributed by atoms with van der Waals surface area (Å²) in [6, 6.07) is 0.804. The Hall–Kier alpha value is -2.83. The van der Waals surface area contributed by atoms with Crippen LogP contribution in [0.1, 0.15) is 50.6 Å². The Morgan fingerprint density at radius 3 is 2.64 bits per heavy atom. The average Bonchev–Trinajstić information content (AvgIpc) is 3.59. The van der Waals surface area contributed by atoms with Crippen molar-refractivity contribution in [1.29, 1.82) is 0 Å². The first-order valence-corrected chi connectivity index (χ1v) is 14.7. The maximum atomic E-state index is 4.83. The molecule has 0 aromatic carbocycles. The normalized spacial score (nSPS) is 17.1. The fraction of sp³-hybridized carbons (Fsp3) is 0.741. The second kappa shape index (κ2) is 13.5. The molecule has 12 nitrogen and oxygen atoms in total. The molecule has 1 saturated heterocycles. The predicted octanol–water partition coefficient (Wildman–Crippen LogP) is 1.95. The van der Waals surface area contributed by atoms with Gasteiger partial charge in [-0.3, -0.25) is 4.68 Å². The number of nitrogens with one attached hydrogen (secondary N) is 2. The topological polar surface area (TPSA) is 108 Å². The van der Waals surface area contributed by atoms with Gasteiger partial charge in [-0.1, -0.05) is 24.5 Å². The van der Waals surface area contributed by atoms with Gasteiger partial charge in [0.25, 0.3) is 0 Å². The number of hydrogen-bond donors (Lipinski definition) is 2. The van der Waals surface area contributed by atoms with Crippen LogP contribution < -0.4 is 15.5 Å². The second-order valence-electron chi connectivity index (χ2n) is 11.2. The molecule has 1 aliphatic heterocycles. The smallest absolute Gasteiger partial charge is 0.229 e. The van der Waals surface area contributed by atoms with Gasteiger partial charge >= 0.3 is 0 Å². The maximum Gasteiger partial charge on any atom is 0.229 e. The van der Waals surface area contributed by atoms with Crippen LogP contribution in [0.5, 0.6) is 0 Å². The van der Waals surface area contributed by atoms with Crippen LogP contribution in [-0.2, 0) is 20.1 Å². The summed E-state index contributed by atoms with van der Waals surface area (Å²) in [5.41, 5.74) is 2.49. The minimum Gasteiger partial charge on any atom is -0.362 e. The van der Waals surface area contributed by atoms with Gasteiger partial charge in [-0.05, 0) is 59.4 Å². The molecule has 39 heavy (non-hydrogen) atoms. The van der Waals surface area contributed by atoms with Gasteiger partial charge in [0.2, 0.25) is 5.95 Å². The number of aryl methyl sites for hydroxylation is 2. The van der Waals surface area contributed by atoms with E-state index in [1.165, 1.54) is 45.1 Å². The number of anilines is 2. The third-order valence-electron chi connectivity index (χ3n) is 8.15. The molecule has 0 radical (unpaired) electrons. The number of nitrogens with zero attached hydrogens (tertiary/aromatic N) is 10. The number of hydrogen-bond acceptors (Lipinski definition) is 10. The Balaban J connectivity index is 1.06. The van der Waals surface area contributed by atoms with E-state index in [1.807, 2.05) is 22.5 Å². The van der Waals surface area contributed by atoms with Gasteiger partial charge in [-0.15, -0.1) is 5.10 Å². The van der Waals surface area contributed by atoms with E-state index in [0.29, 0.717) is 6.54 Å². The average molecular weight is 539 g/mol. The van der Waals surface area contributed by atoms with Crippen LogP contribution in [0.15, 0.2) is 12.5 Å². The molecule has 0 amide bonds. The highest BCUT2D eigenvalue weighted by molar-refractivity contribution is 5.84. The molecule has 4 heterocycles. The van der Waals surface area contributed by atoms with Gasteiger partial charge in [-0.25, -0.2) is 4.98 Å². The highest BCUT2D eigenvalue weighted by atomic mass is 15.4. The Morgan fingerprint density at radius 1 is 1.03 bits per heavy atom. The van der Waals surface area contributed by atoms with E-state index in [0.717, 1.165) is 86.9 Å². The highest BCUT2D eigenvalue weighted by Crippen LogP contribution is 2.23. The van der Waals surface area contributed by atoms with Gasteiger partial charge in [0.15, 0.2) is 17.0 Å². The summed E-state index contributed by atoms with van der Waals surface area (Å²) in [4.78, 5) is 21.4. The molecule has 0 unspecified atom stereocenters. The predicted molar refractivity (Wildman–Crippen MR) is 155 cm³/mol. The van der Waals surface area contributed by atoms with E-state index < -0.39 is 0 Å². The number of rotatable bonds is 13. The minimum absolute atomic E-state index is 0.540. The lowest BCUT2D eigenvalue weighted by Gasteiger charge is -2.31. The highest BCUT2D eigenvalue weighted by Gasteiger charge is 2.19. The quantitative estimate of drug-likeness (QED) is 0.335. The van der Waals surface area contributed by atoms with Crippen molar-refractivity contribution in [3.05, 3.63) is 18.2 Å². The van der Waals surface area contributed by atoms with E-state index in [1.54, 1.807) is 6.33 Å². The third-order valence-corrected chi connectivity index (χ3v) is 8.15. The Labute approximate surface area is 232 Å². The maximum absolute atomic E-state index is 4.83.